The molecular weight excluding hydrogens is 295 g/mol. The largest absolute Gasteiger partial charge is 0.393 e. The maximum atomic E-state index is 14.5. The minimum absolute atomic E-state index is 0.208. The molecule has 0 radical (unpaired) electrons. The van der Waals surface area contributed by atoms with Gasteiger partial charge in [0.05, 0.1) is 17.3 Å². The van der Waals surface area contributed by atoms with E-state index in [1.54, 1.807) is 18.3 Å². The first kappa shape index (κ1) is 14.1. The van der Waals surface area contributed by atoms with E-state index in [2.05, 4.69) is 20.5 Å². The van der Waals surface area contributed by atoms with Crippen molar-refractivity contribution >= 4 is 16.6 Å². The first-order valence-electron chi connectivity index (χ1n) is 7.64. The third-order valence-corrected chi connectivity index (χ3v) is 4.26. The number of aromatic nitrogens is 3. The van der Waals surface area contributed by atoms with Crippen molar-refractivity contribution in [2.45, 2.75) is 19.4 Å². The number of hydrogen-bond acceptors (Lipinski definition) is 4. The van der Waals surface area contributed by atoms with Crippen molar-refractivity contribution in [3.8, 4) is 11.3 Å². The van der Waals surface area contributed by atoms with Gasteiger partial charge in [-0.15, -0.1) is 0 Å². The van der Waals surface area contributed by atoms with Gasteiger partial charge in [-0.05, 0) is 37.6 Å². The molecule has 2 atom stereocenters. The maximum Gasteiger partial charge on any atom is 0.133 e. The molecule has 118 valence electrons. The normalized spacial score (nSPS) is 20.0. The summed E-state index contributed by atoms with van der Waals surface area (Å²) in [4.78, 5) is 4.52. The number of rotatable bonds is 4. The number of nitrogens with one attached hydrogen (secondary N) is 2. The van der Waals surface area contributed by atoms with Crippen LogP contribution in [0.4, 0.5) is 10.1 Å². The summed E-state index contributed by atoms with van der Waals surface area (Å²) in [6, 6.07) is 6.88. The summed E-state index contributed by atoms with van der Waals surface area (Å²) in [5.41, 5.74) is 3.52. The van der Waals surface area contributed by atoms with Gasteiger partial charge < -0.3 is 10.4 Å². The number of aryl methyl sites for hydroxylation is 1. The van der Waals surface area contributed by atoms with Crippen molar-refractivity contribution in [2.24, 2.45) is 5.92 Å². The zero-order valence-corrected chi connectivity index (χ0v) is 12.7. The van der Waals surface area contributed by atoms with Crippen LogP contribution < -0.4 is 5.32 Å². The number of fused-ring (bicyclic) bond motifs is 1. The number of aromatic amines is 1. The second-order valence-electron chi connectivity index (χ2n) is 6.07. The second-order valence-corrected chi connectivity index (χ2v) is 6.07. The van der Waals surface area contributed by atoms with Crippen LogP contribution in [0.25, 0.3) is 22.2 Å². The number of H-pyrrole nitrogens is 1. The minimum atomic E-state index is -0.318. The third-order valence-electron chi connectivity index (χ3n) is 4.26. The Bertz CT molecular complexity index is 863. The molecular formula is C17H17FN4O. The summed E-state index contributed by atoms with van der Waals surface area (Å²) in [6.07, 6.45) is 2.21. The predicted octanol–water partition coefficient (Wildman–Crippen LogP) is 2.87. The molecule has 1 fully saturated rings. The topological polar surface area (TPSA) is 73.8 Å². The number of nitrogens with zero attached hydrogens (tertiary/aromatic N) is 2. The fraction of sp³-hybridized carbons (Fsp3) is 0.294. The highest BCUT2D eigenvalue weighted by Gasteiger charge is 2.34. The Morgan fingerprint density at radius 3 is 2.91 bits per heavy atom. The van der Waals surface area contributed by atoms with E-state index in [1.807, 2.05) is 13.0 Å². The standard InChI is InChI=1S/C17H17FN4O/c1-9-4-15(19-8-10-5-17(10)23)12-6-13(18)11(7-16(12)21-9)14-2-3-20-22-14/h2-4,6-7,10,17,23H,5,8H2,1H3,(H,19,21)(H,20,22). The Hall–Kier alpha value is -2.47. The number of halogens is 1. The van der Waals surface area contributed by atoms with Crippen LogP contribution in [0.15, 0.2) is 30.5 Å². The van der Waals surface area contributed by atoms with Gasteiger partial charge in [0.1, 0.15) is 5.82 Å². The number of benzene rings is 1. The molecule has 1 aliphatic rings. The number of aliphatic hydroxyl groups is 1. The van der Waals surface area contributed by atoms with Gasteiger partial charge in [-0.1, -0.05) is 0 Å². The maximum absolute atomic E-state index is 14.5. The van der Waals surface area contributed by atoms with Crippen LogP contribution in [0.1, 0.15) is 12.1 Å². The fourth-order valence-electron chi connectivity index (χ4n) is 2.83. The van der Waals surface area contributed by atoms with Gasteiger partial charge in [0.25, 0.3) is 0 Å². The average molecular weight is 312 g/mol. The molecule has 3 N–H and O–H groups in total. The molecule has 1 aliphatic carbocycles. The highest BCUT2D eigenvalue weighted by Crippen LogP contribution is 2.33. The van der Waals surface area contributed by atoms with Gasteiger partial charge in [-0.2, -0.15) is 5.10 Å². The zero-order chi connectivity index (χ0) is 16.0. The summed E-state index contributed by atoms with van der Waals surface area (Å²) in [5.74, 6) is -0.0328. The molecule has 0 spiro atoms. The summed E-state index contributed by atoms with van der Waals surface area (Å²) >= 11 is 0. The summed E-state index contributed by atoms with van der Waals surface area (Å²) in [7, 11) is 0. The van der Waals surface area contributed by atoms with Crippen LogP contribution in [-0.4, -0.2) is 32.9 Å². The Kier molecular flexibility index (Phi) is 3.27. The van der Waals surface area contributed by atoms with Crippen molar-refractivity contribution in [1.29, 1.82) is 0 Å². The van der Waals surface area contributed by atoms with Crippen molar-refractivity contribution in [2.75, 3.05) is 11.9 Å². The van der Waals surface area contributed by atoms with E-state index in [4.69, 9.17) is 0 Å². The van der Waals surface area contributed by atoms with Crippen LogP contribution in [0.3, 0.4) is 0 Å². The van der Waals surface area contributed by atoms with Crippen LogP contribution in [0.5, 0.6) is 0 Å². The third kappa shape index (κ3) is 2.66. The number of hydrogen-bond donors (Lipinski definition) is 3. The van der Waals surface area contributed by atoms with E-state index in [9.17, 15) is 9.50 Å². The number of aliphatic hydroxyl groups excluding tert-OH is 1. The molecule has 0 aliphatic heterocycles. The fourth-order valence-corrected chi connectivity index (χ4v) is 2.83. The molecule has 6 heteroatoms. The first-order chi connectivity index (χ1) is 11.1. The van der Waals surface area contributed by atoms with Crippen molar-refractivity contribution in [1.82, 2.24) is 15.2 Å². The minimum Gasteiger partial charge on any atom is -0.393 e. The molecule has 0 saturated heterocycles. The van der Waals surface area contributed by atoms with Crippen LogP contribution in [0.2, 0.25) is 0 Å². The lowest BCUT2D eigenvalue weighted by Crippen LogP contribution is -2.07. The van der Waals surface area contributed by atoms with Crippen molar-refractivity contribution < 1.29 is 9.50 Å². The van der Waals surface area contributed by atoms with E-state index < -0.39 is 0 Å². The lowest BCUT2D eigenvalue weighted by molar-refractivity contribution is 0.262. The Labute approximate surface area is 132 Å². The van der Waals surface area contributed by atoms with Gasteiger partial charge >= 0.3 is 0 Å². The number of anilines is 1. The van der Waals surface area contributed by atoms with E-state index in [0.29, 0.717) is 17.8 Å². The average Bonchev–Trinajstić information content (AvgIpc) is 3.00. The van der Waals surface area contributed by atoms with Gasteiger partial charge in [0, 0.05) is 41.0 Å². The molecule has 1 aromatic carbocycles. The zero-order valence-electron chi connectivity index (χ0n) is 12.7. The molecule has 2 aromatic heterocycles. The monoisotopic (exact) mass is 312 g/mol. The smallest absolute Gasteiger partial charge is 0.133 e. The quantitative estimate of drug-likeness (QED) is 0.692. The Morgan fingerprint density at radius 1 is 1.39 bits per heavy atom. The summed E-state index contributed by atoms with van der Waals surface area (Å²) < 4.78 is 14.5. The van der Waals surface area contributed by atoms with Gasteiger partial charge in [-0.3, -0.25) is 10.1 Å². The molecule has 0 amide bonds. The van der Waals surface area contributed by atoms with E-state index in [-0.39, 0.29) is 17.8 Å². The van der Waals surface area contributed by atoms with Crippen LogP contribution in [-0.2, 0) is 0 Å². The van der Waals surface area contributed by atoms with Crippen LogP contribution >= 0.6 is 0 Å². The van der Waals surface area contributed by atoms with E-state index in [1.165, 1.54) is 6.07 Å². The lowest BCUT2D eigenvalue weighted by Gasteiger charge is -2.12. The summed E-state index contributed by atoms with van der Waals surface area (Å²) in [5, 5.41) is 20.1. The molecule has 2 unspecified atom stereocenters. The van der Waals surface area contributed by atoms with E-state index >= 15 is 0 Å². The van der Waals surface area contributed by atoms with Crippen molar-refractivity contribution in [3.05, 3.63) is 42.0 Å². The number of pyridine rings is 1. The molecule has 5 nitrogen and oxygen atoms in total. The highest BCUT2D eigenvalue weighted by atomic mass is 19.1. The van der Waals surface area contributed by atoms with Crippen LogP contribution in [0, 0.1) is 18.7 Å². The van der Waals surface area contributed by atoms with Gasteiger partial charge in [0.15, 0.2) is 0 Å². The molecule has 2 heterocycles. The highest BCUT2D eigenvalue weighted by molar-refractivity contribution is 5.94. The van der Waals surface area contributed by atoms with Gasteiger partial charge in [0.2, 0.25) is 0 Å². The van der Waals surface area contributed by atoms with Gasteiger partial charge in [-0.25, -0.2) is 4.39 Å². The summed E-state index contributed by atoms with van der Waals surface area (Å²) in [6.45, 7) is 2.60. The SMILES string of the molecule is Cc1cc(NCC2CC2O)c2cc(F)c(-c3ccn[nH]3)cc2n1. The predicted molar refractivity (Wildman–Crippen MR) is 86.6 cm³/mol. The second kappa shape index (κ2) is 5.31. The van der Waals surface area contributed by atoms with Crippen molar-refractivity contribution in [3.63, 3.8) is 0 Å². The Balaban J connectivity index is 1.76. The molecule has 23 heavy (non-hydrogen) atoms. The lowest BCUT2D eigenvalue weighted by atomic mass is 10.1. The first-order valence-corrected chi connectivity index (χ1v) is 7.64. The molecule has 1 saturated carbocycles. The van der Waals surface area contributed by atoms with E-state index in [0.717, 1.165) is 28.7 Å². The Morgan fingerprint density at radius 2 is 2.22 bits per heavy atom. The molecule has 4 rings (SSSR count). The molecule has 0 bridgehead atoms. The molecule has 3 aromatic rings.